The van der Waals surface area contributed by atoms with Crippen molar-refractivity contribution in [2.75, 3.05) is 0 Å². The van der Waals surface area contributed by atoms with Crippen molar-refractivity contribution in [2.45, 2.75) is 26.3 Å². The molecule has 0 fully saturated rings. The Morgan fingerprint density at radius 3 is 2.61 bits per heavy atom. The van der Waals surface area contributed by atoms with E-state index in [9.17, 15) is 0 Å². The van der Waals surface area contributed by atoms with Gasteiger partial charge >= 0.3 is 0 Å². The number of rotatable bonds is 4. The second-order valence-corrected chi connectivity index (χ2v) is 7.46. The molecule has 1 nitrogen and oxygen atoms in total. The van der Waals surface area contributed by atoms with Crippen LogP contribution < -0.4 is 5.73 Å². The van der Waals surface area contributed by atoms with Gasteiger partial charge in [-0.05, 0) is 51.5 Å². The van der Waals surface area contributed by atoms with Crippen molar-refractivity contribution in [2.24, 2.45) is 11.7 Å². The van der Waals surface area contributed by atoms with Crippen LogP contribution in [0.3, 0.4) is 0 Å². The zero-order valence-corrected chi connectivity index (χ0v) is 13.1. The van der Waals surface area contributed by atoms with Gasteiger partial charge in [-0.25, -0.2) is 0 Å². The molecule has 1 heterocycles. The Hall–Kier alpha value is -0.640. The van der Waals surface area contributed by atoms with Crippen molar-refractivity contribution in [3.8, 4) is 0 Å². The summed E-state index contributed by atoms with van der Waals surface area (Å²) in [6.07, 6.45) is 1.11. The lowest BCUT2D eigenvalue weighted by Crippen LogP contribution is -2.10. The zero-order valence-electron chi connectivity index (χ0n) is 10.7. The second-order valence-electron chi connectivity index (χ2n) is 4.96. The summed E-state index contributed by atoms with van der Waals surface area (Å²) in [5, 5.41) is 0. The van der Waals surface area contributed by atoms with Gasteiger partial charge in [-0.3, -0.25) is 0 Å². The third kappa shape index (κ3) is 3.44. The molecule has 0 bridgehead atoms. The van der Waals surface area contributed by atoms with E-state index in [1.807, 2.05) is 0 Å². The first-order valence-electron chi connectivity index (χ1n) is 6.16. The van der Waals surface area contributed by atoms with E-state index in [1.54, 1.807) is 11.3 Å². The molecule has 1 unspecified atom stereocenters. The third-order valence-corrected chi connectivity index (χ3v) is 4.56. The van der Waals surface area contributed by atoms with Crippen LogP contribution >= 0.6 is 27.3 Å². The Labute approximate surface area is 121 Å². The first-order chi connectivity index (χ1) is 8.56. The van der Waals surface area contributed by atoms with Crippen LogP contribution in [-0.4, -0.2) is 0 Å². The van der Waals surface area contributed by atoms with Gasteiger partial charge in [0.2, 0.25) is 0 Å². The summed E-state index contributed by atoms with van der Waals surface area (Å²) in [4.78, 5) is 1.20. The minimum atomic E-state index is -0.0200. The summed E-state index contributed by atoms with van der Waals surface area (Å²) >= 11 is 5.19. The molecule has 2 rings (SSSR count). The SMILES string of the molecule is CC(C)Cc1cccc(C(N)c2ccc(Br)s2)c1. The smallest absolute Gasteiger partial charge is 0.0702 e. The largest absolute Gasteiger partial charge is 0.320 e. The van der Waals surface area contributed by atoms with Crippen molar-refractivity contribution in [3.63, 3.8) is 0 Å². The normalized spacial score (nSPS) is 12.9. The molecule has 1 aromatic carbocycles. The summed E-state index contributed by atoms with van der Waals surface area (Å²) in [5.41, 5.74) is 8.88. The van der Waals surface area contributed by atoms with Crippen LogP contribution in [0.1, 0.15) is 35.9 Å². The quantitative estimate of drug-likeness (QED) is 0.862. The topological polar surface area (TPSA) is 26.0 Å². The summed E-state index contributed by atoms with van der Waals surface area (Å²) in [7, 11) is 0. The lowest BCUT2D eigenvalue weighted by atomic mass is 9.98. The van der Waals surface area contributed by atoms with Crippen LogP contribution in [0.4, 0.5) is 0 Å². The second kappa shape index (κ2) is 6.00. The van der Waals surface area contributed by atoms with Crippen LogP contribution in [0.15, 0.2) is 40.2 Å². The molecular formula is C15H18BrNS. The Balaban J connectivity index is 2.22. The molecule has 1 aromatic heterocycles. The molecule has 0 saturated carbocycles. The van der Waals surface area contributed by atoms with E-state index in [0.29, 0.717) is 5.92 Å². The highest BCUT2D eigenvalue weighted by atomic mass is 79.9. The van der Waals surface area contributed by atoms with Gasteiger partial charge in [-0.15, -0.1) is 11.3 Å². The number of thiophene rings is 1. The highest BCUT2D eigenvalue weighted by molar-refractivity contribution is 9.11. The fourth-order valence-electron chi connectivity index (χ4n) is 2.04. The average molecular weight is 324 g/mol. The fourth-order valence-corrected chi connectivity index (χ4v) is 3.50. The molecule has 18 heavy (non-hydrogen) atoms. The molecule has 2 aromatic rings. The number of hydrogen-bond acceptors (Lipinski definition) is 2. The highest BCUT2D eigenvalue weighted by Crippen LogP contribution is 2.30. The maximum atomic E-state index is 6.32. The number of nitrogens with two attached hydrogens (primary N) is 1. The minimum absolute atomic E-state index is 0.0200. The minimum Gasteiger partial charge on any atom is -0.320 e. The van der Waals surface area contributed by atoms with Crippen molar-refractivity contribution < 1.29 is 0 Å². The van der Waals surface area contributed by atoms with Crippen molar-refractivity contribution >= 4 is 27.3 Å². The molecule has 96 valence electrons. The molecule has 2 N–H and O–H groups in total. The van der Waals surface area contributed by atoms with Crippen LogP contribution in [-0.2, 0) is 6.42 Å². The lowest BCUT2D eigenvalue weighted by Gasteiger charge is -2.12. The van der Waals surface area contributed by atoms with Gasteiger partial charge < -0.3 is 5.73 Å². The average Bonchev–Trinajstić information content (AvgIpc) is 2.74. The fraction of sp³-hybridized carbons (Fsp3) is 0.333. The maximum absolute atomic E-state index is 6.32. The number of benzene rings is 1. The lowest BCUT2D eigenvalue weighted by molar-refractivity contribution is 0.646. The monoisotopic (exact) mass is 323 g/mol. The standard InChI is InChI=1S/C15H18BrNS/c1-10(2)8-11-4-3-5-12(9-11)15(17)13-6-7-14(16)18-13/h3-7,9-10,15H,8,17H2,1-2H3. The Bertz CT molecular complexity index is 519. The molecule has 0 saturated heterocycles. The van der Waals surface area contributed by atoms with Crippen LogP contribution in [0, 0.1) is 5.92 Å². The zero-order chi connectivity index (χ0) is 13.1. The maximum Gasteiger partial charge on any atom is 0.0702 e. The molecule has 0 aliphatic heterocycles. The van der Waals surface area contributed by atoms with Crippen LogP contribution in [0.25, 0.3) is 0 Å². The summed E-state index contributed by atoms with van der Waals surface area (Å²) in [6, 6.07) is 12.8. The van der Waals surface area contributed by atoms with E-state index >= 15 is 0 Å². The predicted octanol–water partition coefficient (Wildman–Crippen LogP) is 4.76. The van der Waals surface area contributed by atoms with Crippen molar-refractivity contribution in [1.82, 2.24) is 0 Å². The molecule has 3 heteroatoms. The highest BCUT2D eigenvalue weighted by Gasteiger charge is 2.11. The molecule has 1 atom stereocenters. The molecule has 0 spiro atoms. The molecule has 0 amide bonds. The van der Waals surface area contributed by atoms with Gasteiger partial charge in [0.15, 0.2) is 0 Å². The third-order valence-electron chi connectivity index (χ3n) is 2.85. The van der Waals surface area contributed by atoms with E-state index in [0.717, 1.165) is 10.2 Å². The van der Waals surface area contributed by atoms with Gasteiger partial charge in [0.1, 0.15) is 0 Å². The Kier molecular flexibility index (Phi) is 4.60. The number of hydrogen-bond donors (Lipinski definition) is 1. The first-order valence-corrected chi connectivity index (χ1v) is 7.77. The van der Waals surface area contributed by atoms with Gasteiger partial charge in [-0.1, -0.05) is 38.1 Å². The summed E-state index contributed by atoms with van der Waals surface area (Å²) in [5.74, 6) is 0.673. The summed E-state index contributed by atoms with van der Waals surface area (Å²) in [6.45, 7) is 4.48. The summed E-state index contributed by atoms with van der Waals surface area (Å²) < 4.78 is 1.13. The van der Waals surface area contributed by atoms with Gasteiger partial charge in [0, 0.05) is 4.88 Å². The molecular weight excluding hydrogens is 306 g/mol. The molecule has 0 aliphatic rings. The van der Waals surface area contributed by atoms with Gasteiger partial charge in [0.05, 0.1) is 9.83 Å². The van der Waals surface area contributed by atoms with E-state index in [2.05, 4.69) is 66.2 Å². The van der Waals surface area contributed by atoms with E-state index in [4.69, 9.17) is 5.73 Å². The van der Waals surface area contributed by atoms with E-state index in [-0.39, 0.29) is 6.04 Å². The Morgan fingerprint density at radius 2 is 2.00 bits per heavy atom. The van der Waals surface area contributed by atoms with Crippen molar-refractivity contribution in [1.29, 1.82) is 0 Å². The van der Waals surface area contributed by atoms with Gasteiger partial charge in [0.25, 0.3) is 0 Å². The molecule has 0 aliphatic carbocycles. The Morgan fingerprint density at radius 1 is 1.22 bits per heavy atom. The molecule has 0 radical (unpaired) electrons. The van der Waals surface area contributed by atoms with Crippen LogP contribution in [0.2, 0.25) is 0 Å². The van der Waals surface area contributed by atoms with Gasteiger partial charge in [-0.2, -0.15) is 0 Å². The first kappa shape index (κ1) is 13.8. The number of halogens is 1. The van der Waals surface area contributed by atoms with Crippen LogP contribution in [0.5, 0.6) is 0 Å². The van der Waals surface area contributed by atoms with E-state index < -0.39 is 0 Å². The van der Waals surface area contributed by atoms with E-state index in [1.165, 1.54) is 16.0 Å². The van der Waals surface area contributed by atoms with Crippen molar-refractivity contribution in [3.05, 3.63) is 56.2 Å². The predicted molar refractivity (Wildman–Crippen MR) is 83.0 cm³/mol.